The van der Waals surface area contributed by atoms with Gasteiger partial charge in [-0.15, -0.1) is 0 Å². The van der Waals surface area contributed by atoms with E-state index in [4.69, 9.17) is 4.99 Å². The van der Waals surface area contributed by atoms with E-state index < -0.39 is 0 Å². The zero-order chi connectivity index (χ0) is 16.4. The lowest BCUT2D eigenvalue weighted by molar-refractivity contribution is 0.627. The average Bonchev–Trinajstić information content (AvgIpc) is 2.83. The maximum absolute atomic E-state index is 13.3. The largest absolute Gasteiger partial charge is 0.376 e. The van der Waals surface area contributed by atoms with Crippen LogP contribution in [0.5, 0.6) is 0 Å². The van der Waals surface area contributed by atoms with Crippen LogP contribution in [0.4, 0.5) is 15.8 Å². The van der Waals surface area contributed by atoms with Crippen LogP contribution < -0.4 is 5.32 Å². The summed E-state index contributed by atoms with van der Waals surface area (Å²) >= 11 is 0. The van der Waals surface area contributed by atoms with E-state index in [1.165, 1.54) is 12.1 Å². The SMILES string of the molecule is Fc1ccc(C2=Nc3ccccc3NC(c3cccnc3)C2)cc1. The van der Waals surface area contributed by atoms with Crippen molar-refractivity contribution in [2.75, 3.05) is 5.32 Å². The molecular formula is C20H16FN3. The lowest BCUT2D eigenvalue weighted by Crippen LogP contribution is -2.14. The molecule has 0 aliphatic carbocycles. The molecule has 118 valence electrons. The Hall–Kier alpha value is -3.01. The second kappa shape index (κ2) is 6.24. The Morgan fingerprint density at radius 3 is 2.58 bits per heavy atom. The van der Waals surface area contributed by atoms with Crippen molar-refractivity contribution in [1.29, 1.82) is 0 Å². The maximum atomic E-state index is 13.3. The predicted molar refractivity (Wildman–Crippen MR) is 94.3 cm³/mol. The predicted octanol–water partition coefficient (Wildman–Crippen LogP) is 4.90. The molecule has 1 unspecified atom stereocenters. The summed E-state index contributed by atoms with van der Waals surface area (Å²) in [6, 6.07) is 18.5. The normalized spacial score (nSPS) is 16.5. The van der Waals surface area contributed by atoms with Crippen molar-refractivity contribution in [1.82, 2.24) is 4.98 Å². The quantitative estimate of drug-likeness (QED) is 0.730. The third kappa shape index (κ3) is 2.91. The van der Waals surface area contributed by atoms with Crippen LogP contribution >= 0.6 is 0 Å². The number of fused-ring (bicyclic) bond motifs is 1. The summed E-state index contributed by atoms with van der Waals surface area (Å²) in [6.07, 6.45) is 4.34. The first kappa shape index (κ1) is 14.6. The lowest BCUT2D eigenvalue weighted by atomic mass is 9.98. The number of halogens is 1. The fourth-order valence-electron chi connectivity index (χ4n) is 2.92. The number of aromatic nitrogens is 1. The number of aliphatic imine (C=N–C) groups is 1. The van der Waals surface area contributed by atoms with Crippen LogP contribution in [0.1, 0.15) is 23.6 Å². The van der Waals surface area contributed by atoms with Crippen LogP contribution in [-0.2, 0) is 0 Å². The number of nitrogens with one attached hydrogen (secondary N) is 1. The van der Waals surface area contributed by atoms with Gasteiger partial charge in [-0.2, -0.15) is 0 Å². The first-order valence-corrected chi connectivity index (χ1v) is 7.88. The van der Waals surface area contributed by atoms with Crippen LogP contribution in [0, 0.1) is 5.82 Å². The molecule has 2 aromatic carbocycles. The molecule has 24 heavy (non-hydrogen) atoms. The first-order valence-electron chi connectivity index (χ1n) is 7.88. The number of hydrogen-bond acceptors (Lipinski definition) is 3. The molecule has 0 radical (unpaired) electrons. The molecule has 0 amide bonds. The molecule has 4 rings (SSSR count). The molecule has 1 N–H and O–H groups in total. The highest BCUT2D eigenvalue weighted by Gasteiger charge is 2.21. The van der Waals surface area contributed by atoms with E-state index in [1.807, 2.05) is 36.5 Å². The topological polar surface area (TPSA) is 37.3 Å². The summed E-state index contributed by atoms with van der Waals surface area (Å²) in [6.45, 7) is 0. The van der Waals surface area contributed by atoms with Gasteiger partial charge in [0.25, 0.3) is 0 Å². The second-order valence-corrected chi connectivity index (χ2v) is 5.77. The Labute approximate surface area is 139 Å². The first-order chi connectivity index (χ1) is 11.8. The van der Waals surface area contributed by atoms with Crippen molar-refractivity contribution in [3.63, 3.8) is 0 Å². The zero-order valence-corrected chi connectivity index (χ0v) is 13.0. The van der Waals surface area contributed by atoms with Crippen LogP contribution in [0.25, 0.3) is 0 Å². The number of benzene rings is 2. The number of anilines is 1. The second-order valence-electron chi connectivity index (χ2n) is 5.77. The van der Waals surface area contributed by atoms with Gasteiger partial charge in [-0.25, -0.2) is 4.39 Å². The summed E-state index contributed by atoms with van der Waals surface area (Å²) in [5.74, 6) is -0.240. The van der Waals surface area contributed by atoms with Gasteiger partial charge >= 0.3 is 0 Å². The van der Waals surface area contributed by atoms with Gasteiger partial charge in [0.15, 0.2) is 0 Å². The van der Waals surface area contributed by atoms with Gasteiger partial charge in [-0.1, -0.05) is 30.3 Å². The Balaban J connectivity index is 1.80. The standard InChI is InChI=1S/C20H16FN3/c21-16-9-7-14(8-10-16)19-12-20(15-4-3-11-22-13-15)24-18-6-2-1-5-17(18)23-19/h1-11,13,20,24H,12H2. The molecule has 1 aliphatic heterocycles. The Morgan fingerprint density at radius 2 is 1.79 bits per heavy atom. The van der Waals surface area contributed by atoms with Crippen molar-refractivity contribution in [3.05, 3.63) is 90.0 Å². The van der Waals surface area contributed by atoms with Gasteiger partial charge in [-0.3, -0.25) is 9.98 Å². The van der Waals surface area contributed by atoms with E-state index >= 15 is 0 Å². The molecule has 1 atom stereocenters. The highest BCUT2D eigenvalue weighted by atomic mass is 19.1. The van der Waals surface area contributed by atoms with Crippen molar-refractivity contribution in [2.45, 2.75) is 12.5 Å². The van der Waals surface area contributed by atoms with Crippen molar-refractivity contribution in [3.8, 4) is 0 Å². The Bertz CT molecular complexity index is 873. The Morgan fingerprint density at radius 1 is 0.958 bits per heavy atom. The third-order valence-corrected chi connectivity index (χ3v) is 4.15. The fourth-order valence-corrected chi connectivity index (χ4v) is 2.92. The fraction of sp³-hybridized carbons (Fsp3) is 0.100. The van der Waals surface area contributed by atoms with Crippen molar-refractivity contribution < 1.29 is 4.39 Å². The van der Waals surface area contributed by atoms with E-state index in [0.717, 1.165) is 28.2 Å². The van der Waals surface area contributed by atoms with Gasteiger partial charge < -0.3 is 5.32 Å². The monoisotopic (exact) mass is 317 g/mol. The average molecular weight is 317 g/mol. The highest BCUT2D eigenvalue weighted by molar-refractivity contribution is 6.04. The van der Waals surface area contributed by atoms with Gasteiger partial charge in [0, 0.05) is 18.8 Å². The van der Waals surface area contributed by atoms with E-state index in [9.17, 15) is 4.39 Å². The number of hydrogen-bond donors (Lipinski definition) is 1. The van der Waals surface area contributed by atoms with Crippen LogP contribution in [0.15, 0.2) is 78.0 Å². The van der Waals surface area contributed by atoms with E-state index in [-0.39, 0.29) is 11.9 Å². The summed E-state index contributed by atoms with van der Waals surface area (Å²) < 4.78 is 13.3. The minimum atomic E-state index is -0.240. The van der Waals surface area contributed by atoms with Gasteiger partial charge in [-0.05, 0) is 41.5 Å². The molecule has 0 saturated heterocycles. The van der Waals surface area contributed by atoms with Crippen molar-refractivity contribution in [2.24, 2.45) is 4.99 Å². The molecule has 4 heteroatoms. The molecule has 2 heterocycles. The Kier molecular flexibility index (Phi) is 3.79. The smallest absolute Gasteiger partial charge is 0.123 e. The van der Waals surface area contributed by atoms with E-state index in [0.29, 0.717) is 6.42 Å². The van der Waals surface area contributed by atoms with Gasteiger partial charge in [0.1, 0.15) is 5.82 Å². The van der Waals surface area contributed by atoms with Crippen LogP contribution in [0.3, 0.4) is 0 Å². The zero-order valence-electron chi connectivity index (χ0n) is 13.0. The summed E-state index contributed by atoms with van der Waals surface area (Å²) in [5.41, 5.74) is 4.85. The lowest BCUT2D eigenvalue weighted by Gasteiger charge is -2.18. The molecule has 1 aliphatic rings. The molecule has 0 fully saturated rings. The molecule has 3 aromatic rings. The van der Waals surface area contributed by atoms with Crippen LogP contribution in [0.2, 0.25) is 0 Å². The van der Waals surface area contributed by atoms with Gasteiger partial charge in [0.05, 0.1) is 23.1 Å². The van der Waals surface area contributed by atoms with E-state index in [1.54, 1.807) is 18.3 Å². The molecule has 0 spiro atoms. The van der Waals surface area contributed by atoms with Crippen molar-refractivity contribution >= 4 is 17.1 Å². The number of pyridine rings is 1. The number of rotatable bonds is 2. The summed E-state index contributed by atoms with van der Waals surface area (Å²) in [7, 11) is 0. The molecule has 0 bridgehead atoms. The molecule has 3 nitrogen and oxygen atoms in total. The number of nitrogens with zero attached hydrogens (tertiary/aromatic N) is 2. The van der Waals surface area contributed by atoms with Crippen LogP contribution in [-0.4, -0.2) is 10.7 Å². The van der Waals surface area contributed by atoms with Gasteiger partial charge in [0.2, 0.25) is 0 Å². The highest BCUT2D eigenvalue weighted by Crippen LogP contribution is 2.35. The molecule has 0 saturated carbocycles. The van der Waals surface area contributed by atoms with E-state index in [2.05, 4.69) is 16.4 Å². The molecule has 1 aromatic heterocycles. The molecular weight excluding hydrogens is 301 g/mol. The summed E-state index contributed by atoms with van der Waals surface area (Å²) in [4.78, 5) is 9.05. The maximum Gasteiger partial charge on any atom is 0.123 e. The number of para-hydroxylation sites is 2. The third-order valence-electron chi connectivity index (χ3n) is 4.15. The minimum absolute atomic E-state index is 0.0613. The summed E-state index contributed by atoms with van der Waals surface area (Å²) in [5, 5.41) is 3.56. The minimum Gasteiger partial charge on any atom is -0.376 e.